The summed E-state index contributed by atoms with van der Waals surface area (Å²) in [5.74, 6) is 0.151. The van der Waals surface area contributed by atoms with Crippen molar-refractivity contribution < 1.29 is 19.1 Å². The highest BCUT2D eigenvalue weighted by molar-refractivity contribution is 6.05. The van der Waals surface area contributed by atoms with Gasteiger partial charge in [0.05, 0.1) is 19.6 Å². The zero-order valence-electron chi connectivity index (χ0n) is 19.1. The molecule has 8 nitrogen and oxygen atoms in total. The molecule has 2 aromatic carbocycles. The van der Waals surface area contributed by atoms with Crippen molar-refractivity contribution in [2.24, 2.45) is 0 Å². The highest BCUT2D eigenvalue weighted by Gasteiger charge is 2.39. The number of imide groups is 1. The van der Waals surface area contributed by atoms with Crippen molar-refractivity contribution in [1.29, 1.82) is 0 Å². The second-order valence-electron chi connectivity index (χ2n) is 8.87. The van der Waals surface area contributed by atoms with Crippen LogP contribution in [-0.2, 0) is 22.4 Å². The number of fused-ring (bicyclic) bond motifs is 3. The van der Waals surface area contributed by atoms with E-state index in [9.17, 15) is 14.4 Å². The molecule has 2 atom stereocenters. The Morgan fingerprint density at radius 1 is 1.15 bits per heavy atom. The third-order valence-electron chi connectivity index (χ3n) is 6.73. The highest BCUT2D eigenvalue weighted by Crippen LogP contribution is 2.34. The number of amides is 4. The predicted octanol–water partition coefficient (Wildman–Crippen LogP) is 3.22. The Labute approximate surface area is 197 Å². The molecule has 3 aromatic rings. The summed E-state index contributed by atoms with van der Waals surface area (Å²) in [6.45, 7) is 0.260. The number of aromatic amines is 1. The number of methoxy groups -OCH3 is 1. The minimum Gasteiger partial charge on any atom is -0.497 e. The van der Waals surface area contributed by atoms with Gasteiger partial charge in [0.1, 0.15) is 11.8 Å². The summed E-state index contributed by atoms with van der Waals surface area (Å²) in [6.07, 6.45) is 3.26. The van der Waals surface area contributed by atoms with Gasteiger partial charge in [-0.2, -0.15) is 0 Å². The SMILES string of the molecule is COc1ccc(CCN2C(=O)N[C@@H](CC(=O)N[C@H]3CCCc4c3[nH]c3ccccc43)C2=O)cc1. The molecule has 3 N–H and O–H groups in total. The molecule has 1 saturated heterocycles. The Kier molecular flexibility index (Phi) is 5.96. The lowest BCUT2D eigenvalue weighted by molar-refractivity contribution is -0.131. The van der Waals surface area contributed by atoms with Gasteiger partial charge in [0.15, 0.2) is 0 Å². The van der Waals surface area contributed by atoms with Gasteiger partial charge in [-0.3, -0.25) is 14.5 Å². The first-order chi connectivity index (χ1) is 16.5. The second-order valence-corrected chi connectivity index (χ2v) is 8.87. The van der Waals surface area contributed by atoms with Crippen LogP contribution < -0.4 is 15.4 Å². The van der Waals surface area contributed by atoms with E-state index in [0.29, 0.717) is 6.42 Å². The molecular formula is C26H28N4O4. The van der Waals surface area contributed by atoms with E-state index in [1.807, 2.05) is 42.5 Å². The van der Waals surface area contributed by atoms with Gasteiger partial charge < -0.3 is 20.4 Å². The van der Waals surface area contributed by atoms with Gasteiger partial charge in [0, 0.05) is 23.1 Å². The number of para-hydroxylation sites is 1. The summed E-state index contributed by atoms with van der Waals surface area (Å²) >= 11 is 0. The maximum atomic E-state index is 12.8. The highest BCUT2D eigenvalue weighted by atomic mass is 16.5. The van der Waals surface area contributed by atoms with Gasteiger partial charge in [0.2, 0.25) is 5.91 Å². The van der Waals surface area contributed by atoms with Gasteiger partial charge in [-0.15, -0.1) is 0 Å². The van der Waals surface area contributed by atoms with Gasteiger partial charge >= 0.3 is 6.03 Å². The lowest BCUT2D eigenvalue weighted by atomic mass is 9.91. The number of H-pyrrole nitrogens is 1. The Hall–Kier alpha value is -3.81. The minimum absolute atomic E-state index is 0.0737. The lowest BCUT2D eigenvalue weighted by Gasteiger charge is -2.24. The number of ether oxygens (including phenoxy) is 1. The maximum Gasteiger partial charge on any atom is 0.324 e. The number of hydrogen-bond donors (Lipinski definition) is 3. The monoisotopic (exact) mass is 460 g/mol. The van der Waals surface area contributed by atoms with Crippen LogP contribution in [0.5, 0.6) is 5.75 Å². The fourth-order valence-electron chi connectivity index (χ4n) is 4.96. The van der Waals surface area contributed by atoms with Crippen molar-refractivity contribution in [3.05, 3.63) is 65.4 Å². The molecule has 4 amide bonds. The molecule has 1 fully saturated rings. The van der Waals surface area contributed by atoms with E-state index in [4.69, 9.17) is 4.74 Å². The Bertz CT molecular complexity index is 1230. The molecule has 2 heterocycles. The maximum absolute atomic E-state index is 12.8. The fourth-order valence-corrected chi connectivity index (χ4v) is 4.96. The smallest absolute Gasteiger partial charge is 0.324 e. The van der Waals surface area contributed by atoms with Crippen LogP contribution in [0.25, 0.3) is 10.9 Å². The van der Waals surface area contributed by atoms with Crippen LogP contribution in [0.4, 0.5) is 4.79 Å². The average molecular weight is 461 g/mol. The molecule has 2 aliphatic rings. The summed E-state index contributed by atoms with van der Waals surface area (Å²) in [7, 11) is 1.60. The standard InChI is InChI=1S/C26H28N4O4/c1-34-17-11-9-16(10-12-17)13-14-30-25(32)22(29-26(30)33)15-23(31)27-21-8-4-6-19-18-5-2-3-7-20(18)28-24(19)21/h2-3,5,7,9-12,21-22,28H,4,6,8,13-15H2,1H3,(H,27,31)(H,29,33)/t21-,22-/m0/s1. The van der Waals surface area contributed by atoms with E-state index in [1.165, 1.54) is 15.8 Å². The van der Waals surface area contributed by atoms with Crippen LogP contribution in [0.3, 0.4) is 0 Å². The van der Waals surface area contributed by atoms with Gasteiger partial charge in [-0.25, -0.2) is 4.79 Å². The average Bonchev–Trinajstić information content (AvgIpc) is 3.35. The zero-order chi connectivity index (χ0) is 23.7. The van der Waals surface area contributed by atoms with E-state index in [-0.39, 0.29) is 30.8 Å². The Balaban J connectivity index is 1.19. The number of aryl methyl sites for hydroxylation is 1. The summed E-state index contributed by atoms with van der Waals surface area (Å²) in [4.78, 5) is 42.7. The van der Waals surface area contributed by atoms with Crippen LogP contribution in [-0.4, -0.2) is 47.4 Å². The molecule has 0 saturated carbocycles. The lowest BCUT2D eigenvalue weighted by Crippen LogP contribution is -2.38. The van der Waals surface area contributed by atoms with Crippen molar-refractivity contribution in [3.63, 3.8) is 0 Å². The summed E-state index contributed by atoms with van der Waals surface area (Å²) < 4.78 is 5.15. The summed E-state index contributed by atoms with van der Waals surface area (Å²) in [5.41, 5.74) is 4.36. The molecule has 1 aliphatic carbocycles. The minimum atomic E-state index is -0.839. The first-order valence-corrected chi connectivity index (χ1v) is 11.7. The van der Waals surface area contributed by atoms with E-state index >= 15 is 0 Å². The van der Waals surface area contributed by atoms with Gasteiger partial charge in [-0.05, 0) is 55.0 Å². The molecular weight excluding hydrogens is 432 g/mol. The molecule has 0 spiro atoms. The fraction of sp³-hybridized carbons (Fsp3) is 0.346. The topological polar surface area (TPSA) is 104 Å². The number of carbonyl (C=O) groups is 3. The van der Waals surface area contributed by atoms with E-state index in [0.717, 1.165) is 41.8 Å². The second kappa shape index (κ2) is 9.21. The number of nitrogens with zero attached hydrogens (tertiary/aromatic N) is 1. The van der Waals surface area contributed by atoms with Crippen molar-refractivity contribution in [2.45, 2.75) is 44.2 Å². The number of carbonyl (C=O) groups excluding carboxylic acids is 3. The molecule has 0 radical (unpaired) electrons. The molecule has 176 valence electrons. The molecule has 1 aromatic heterocycles. The molecule has 5 rings (SSSR count). The predicted molar refractivity (Wildman–Crippen MR) is 127 cm³/mol. The molecule has 0 bridgehead atoms. The van der Waals surface area contributed by atoms with Crippen molar-refractivity contribution in [2.75, 3.05) is 13.7 Å². The quantitative estimate of drug-likeness (QED) is 0.471. The number of aromatic nitrogens is 1. The number of hydrogen-bond acceptors (Lipinski definition) is 4. The molecule has 34 heavy (non-hydrogen) atoms. The van der Waals surface area contributed by atoms with Gasteiger partial charge in [0.25, 0.3) is 5.91 Å². The normalized spacial score (nSPS) is 19.7. The third-order valence-corrected chi connectivity index (χ3v) is 6.73. The molecule has 0 unspecified atom stereocenters. The van der Waals surface area contributed by atoms with E-state index in [2.05, 4.69) is 21.7 Å². The number of benzene rings is 2. The third kappa shape index (κ3) is 4.23. The number of urea groups is 1. The summed E-state index contributed by atoms with van der Waals surface area (Å²) in [6, 6.07) is 14.2. The van der Waals surface area contributed by atoms with Crippen molar-refractivity contribution in [1.82, 2.24) is 20.5 Å². The zero-order valence-corrected chi connectivity index (χ0v) is 19.1. The number of rotatable bonds is 7. The van der Waals surface area contributed by atoms with Crippen LogP contribution in [0.1, 0.15) is 42.1 Å². The van der Waals surface area contributed by atoms with Crippen molar-refractivity contribution >= 4 is 28.7 Å². The van der Waals surface area contributed by atoms with Crippen molar-refractivity contribution in [3.8, 4) is 5.75 Å². The largest absolute Gasteiger partial charge is 0.497 e. The van der Waals surface area contributed by atoms with Crippen LogP contribution >= 0.6 is 0 Å². The molecule has 1 aliphatic heterocycles. The van der Waals surface area contributed by atoms with Crippen LogP contribution in [0.15, 0.2) is 48.5 Å². The first kappa shape index (κ1) is 22.0. The van der Waals surface area contributed by atoms with Crippen LogP contribution in [0.2, 0.25) is 0 Å². The summed E-state index contributed by atoms with van der Waals surface area (Å²) in [5, 5.41) is 6.94. The van der Waals surface area contributed by atoms with E-state index < -0.39 is 12.1 Å². The number of nitrogens with one attached hydrogen (secondary N) is 3. The van der Waals surface area contributed by atoms with Gasteiger partial charge in [-0.1, -0.05) is 30.3 Å². The molecule has 8 heteroatoms. The van der Waals surface area contributed by atoms with E-state index in [1.54, 1.807) is 7.11 Å². The Morgan fingerprint density at radius 3 is 2.74 bits per heavy atom. The first-order valence-electron chi connectivity index (χ1n) is 11.7. The Morgan fingerprint density at radius 2 is 1.94 bits per heavy atom. The van der Waals surface area contributed by atoms with Crippen LogP contribution in [0, 0.1) is 0 Å².